The van der Waals surface area contributed by atoms with Crippen molar-refractivity contribution in [1.29, 1.82) is 0 Å². The summed E-state index contributed by atoms with van der Waals surface area (Å²) in [5.74, 6) is 1.77. The van der Waals surface area contributed by atoms with Crippen LogP contribution in [0, 0.1) is 5.92 Å². The molecule has 4 heterocycles. The van der Waals surface area contributed by atoms with Gasteiger partial charge in [0.2, 0.25) is 0 Å². The minimum absolute atomic E-state index is 0.0764. The number of hydrogen-bond acceptors (Lipinski definition) is 8. The van der Waals surface area contributed by atoms with E-state index in [9.17, 15) is 9.59 Å². The molecule has 2 atom stereocenters. The molecule has 52 heavy (non-hydrogen) atoms. The fraction of sp³-hybridized carbons (Fsp3) is 0.381. The van der Waals surface area contributed by atoms with E-state index >= 15 is 0 Å². The molecule has 4 aliphatic rings. The number of hydrogen-bond donors (Lipinski definition) is 1. The van der Waals surface area contributed by atoms with Crippen LogP contribution < -0.4 is 14.8 Å². The van der Waals surface area contributed by atoms with Crippen LogP contribution in [0.1, 0.15) is 57.9 Å². The minimum atomic E-state index is -0.407. The molecule has 10 nitrogen and oxygen atoms in total. The molecular formula is C42H47N3O7. The maximum Gasteiger partial charge on any atom is 0.408 e. The highest BCUT2D eigenvalue weighted by molar-refractivity contribution is 5.94. The van der Waals surface area contributed by atoms with Crippen LogP contribution in [0.25, 0.3) is 0 Å². The third-order valence-corrected chi connectivity index (χ3v) is 10.2. The average molecular weight is 706 g/mol. The lowest BCUT2D eigenvalue weighted by Crippen LogP contribution is -2.52. The van der Waals surface area contributed by atoms with Crippen LogP contribution in [0.4, 0.5) is 4.79 Å². The van der Waals surface area contributed by atoms with Crippen LogP contribution in [0.3, 0.4) is 0 Å². The SMILES string of the molecule is COc1cccc(CN(CCC2OCCO2)C(=O)c2ccc(COc3cccc(C(NC(=O)OC4CN5CCC4CC5)c4ccccc4)c3)cc2)c1. The number of nitrogens with one attached hydrogen (secondary N) is 1. The molecule has 1 N–H and O–H groups in total. The summed E-state index contributed by atoms with van der Waals surface area (Å²) >= 11 is 0. The number of nitrogens with zero attached hydrogens (tertiary/aromatic N) is 2. The first kappa shape index (κ1) is 35.5. The van der Waals surface area contributed by atoms with Gasteiger partial charge in [0.1, 0.15) is 24.2 Å². The Morgan fingerprint density at radius 3 is 2.31 bits per heavy atom. The molecule has 4 aromatic carbocycles. The molecule has 4 aromatic rings. The number of benzene rings is 4. The molecule has 0 aliphatic carbocycles. The van der Waals surface area contributed by atoms with Gasteiger partial charge in [0.15, 0.2) is 6.29 Å². The molecule has 272 valence electrons. The van der Waals surface area contributed by atoms with Crippen molar-refractivity contribution < 1.29 is 33.3 Å². The van der Waals surface area contributed by atoms with E-state index in [1.165, 1.54) is 0 Å². The molecule has 2 amide bonds. The second-order valence-corrected chi connectivity index (χ2v) is 13.7. The molecule has 0 aromatic heterocycles. The Morgan fingerprint density at radius 2 is 1.58 bits per heavy atom. The molecule has 4 saturated heterocycles. The molecule has 0 radical (unpaired) electrons. The summed E-state index contributed by atoms with van der Waals surface area (Å²) in [6.07, 6.45) is 1.95. The zero-order chi connectivity index (χ0) is 35.7. The van der Waals surface area contributed by atoms with E-state index in [1.807, 2.05) is 108 Å². The Balaban J connectivity index is 0.994. The molecule has 2 unspecified atom stereocenters. The molecule has 4 fully saturated rings. The standard InChI is InChI=1S/C42H47N3O7/c1-48-36-11-5-7-31(25-36)27-45(22-19-39-49-23-24-50-39)41(46)34-15-13-30(14-16-34)29-51-37-12-6-10-35(26-37)40(33-8-3-2-4-9-33)43-42(47)52-38-28-44-20-17-32(38)18-21-44/h2-16,25-26,32,38-40H,17-24,27-29H2,1H3,(H,43,47). The first-order valence-corrected chi connectivity index (χ1v) is 18.2. The van der Waals surface area contributed by atoms with Crippen molar-refractivity contribution in [3.8, 4) is 11.5 Å². The van der Waals surface area contributed by atoms with Gasteiger partial charge in [-0.3, -0.25) is 9.69 Å². The lowest BCUT2D eigenvalue weighted by Gasteiger charge is -2.43. The minimum Gasteiger partial charge on any atom is -0.497 e. The summed E-state index contributed by atoms with van der Waals surface area (Å²) in [4.78, 5) is 31.2. The van der Waals surface area contributed by atoms with Gasteiger partial charge in [-0.1, -0.05) is 66.7 Å². The summed E-state index contributed by atoms with van der Waals surface area (Å²) in [7, 11) is 1.63. The number of carbonyl (C=O) groups is 2. The molecule has 10 heteroatoms. The van der Waals surface area contributed by atoms with Crippen LogP contribution in [-0.4, -0.2) is 80.7 Å². The lowest BCUT2D eigenvalue weighted by atomic mass is 9.86. The van der Waals surface area contributed by atoms with E-state index < -0.39 is 12.1 Å². The van der Waals surface area contributed by atoms with Crippen LogP contribution in [-0.2, 0) is 27.4 Å². The summed E-state index contributed by atoms with van der Waals surface area (Å²) in [5, 5.41) is 3.14. The molecule has 0 saturated carbocycles. The van der Waals surface area contributed by atoms with Gasteiger partial charge in [-0.25, -0.2) is 4.79 Å². The fourth-order valence-electron chi connectivity index (χ4n) is 7.29. The Bertz CT molecular complexity index is 1770. The number of ether oxygens (including phenoxy) is 5. The average Bonchev–Trinajstić information content (AvgIpc) is 3.73. The van der Waals surface area contributed by atoms with Crippen molar-refractivity contribution in [2.45, 2.75) is 50.8 Å². The van der Waals surface area contributed by atoms with Crippen molar-refractivity contribution in [3.63, 3.8) is 0 Å². The van der Waals surface area contributed by atoms with Crippen LogP contribution in [0.15, 0.2) is 103 Å². The smallest absolute Gasteiger partial charge is 0.408 e. The van der Waals surface area contributed by atoms with Gasteiger partial charge in [0.25, 0.3) is 5.91 Å². The number of alkyl carbamates (subject to hydrolysis) is 1. The highest BCUT2D eigenvalue weighted by Crippen LogP contribution is 2.31. The number of piperidine rings is 3. The van der Waals surface area contributed by atoms with Crippen molar-refractivity contribution in [3.05, 3.63) is 131 Å². The Morgan fingerprint density at radius 1 is 0.846 bits per heavy atom. The molecule has 4 aliphatic heterocycles. The lowest BCUT2D eigenvalue weighted by molar-refractivity contribution is -0.0505. The maximum atomic E-state index is 13.8. The predicted octanol–water partition coefficient (Wildman–Crippen LogP) is 6.59. The number of amides is 2. The maximum absolute atomic E-state index is 13.8. The van der Waals surface area contributed by atoms with Gasteiger partial charge < -0.3 is 33.9 Å². The Kier molecular flexibility index (Phi) is 11.7. The van der Waals surface area contributed by atoms with Crippen molar-refractivity contribution >= 4 is 12.0 Å². The predicted molar refractivity (Wildman–Crippen MR) is 196 cm³/mol. The summed E-state index contributed by atoms with van der Waals surface area (Å²) in [5.41, 5.74) is 4.33. The van der Waals surface area contributed by atoms with Crippen molar-refractivity contribution in [1.82, 2.24) is 15.1 Å². The normalized spacial score (nSPS) is 20.2. The quantitative estimate of drug-likeness (QED) is 0.157. The fourth-order valence-corrected chi connectivity index (χ4v) is 7.29. The highest BCUT2D eigenvalue weighted by atomic mass is 16.7. The van der Waals surface area contributed by atoms with E-state index in [4.69, 9.17) is 23.7 Å². The van der Waals surface area contributed by atoms with Crippen LogP contribution >= 0.6 is 0 Å². The largest absolute Gasteiger partial charge is 0.497 e. The second kappa shape index (κ2) is 17.1. The van der Waals surface area contributed by atoms with Gasteiger partial charge in [-0.15, -0.1) is 0 Å². The molecule has 2 bridgehead atoms. The number of fused-ring (bicyclic) bond motifs is 3. The molecular weight excluding hydrogens is 658 g/mol. The Hall–Kier alpha value is -4.90. The van der Waals surface area contributed by atoms with Crippen molar-refractivity contribution in [2.24, 2.45) is 5.92 Å². The summed E-state index contributed by atoms with van der Waals surface area (Å²) < 4.78 is 28.9. The zero-order valence-electron chi connectivity index (χ0n) is 29.7. The molecule has 0 spiro atoms. The first-order valence-electron chi connectivity index (χ1n) is 18.2. The van der Waals surface area contributed by atoms with Gasteiger partial charge in [0, 0.05) is 31.6 Å². The highest BCUT2D eigenvalue weighted by Gasteiger charge is 2.37. The monoisotopic (exact) mass is 705 g/mol. The topological polar surface area (TPSA) is 98.8 Å². The Labute approximate surface area is 305 Å². The van der Waals surface area contributed by atoms with E-state index in [-0.39, 0.29) is 18.3 Å². The van der Waals surface area contributed by atoms with Gasteiger partial charge in [-0.2, -0.15) is 0 Å². The van der Waals surface area contributed by atoms with Gasteiger partial charge in [-0.05, 0) is 90.5 Å². The third kappa shape index (κ3) is 9.11. The van der Waals surface area contributed by atoms with E-state index in [1.54, 1.807) is 7.11 Å². The van der Waals surface area contributed by atoms with Gasteiger partial charge >= 0.3 is 6.09 Å². The van der Waals surface area contributed by atoms with Gasteiger partial charge in [0.05, 0.1) is 26.4 Å². The van der Waals surface area contributed by atoms with E-state index in [0.717, 1.165) is 60.5 Å². The van der Waals surface area contributed by atoms with Crippen LogP contribution in [0.5, 0.6) is 11.5 Å². The first-order chi connectivity index (χ1) is 25.5. The molecule has 8 rings (SSSR count). The summed E-state index contributed by atoms with van der Waals surface area (Å²) in [6, 6.07) is 32.6. The van der Waals surface area contributed by atoms with E-state index in [2.05, 4.69) is 10.2 Å². The number of methoxy groups -OCH3 is 1. The van der Waals surface area contributed by atoms with Crippen LogP contribution in [0.2, 0.25) is 0 Å². The zero-order valence-corrected chi connectivity index (χ0v) is 29.7. The third-order valence-electron chi connectivity index (χ3n) is 10.2. The number of rotatable bonds is 14. The van der Waals surface area contributed by atoms with E-state index in [0.29, 0.717) is 56.6 Å². The summed E-state index contributed by atoms with van der Waals surface area (Å²) in [6.45, 7) is 5.35. The number of carbonyl (C=O) groups excluding carboxylic acids is 2. The second-order valence-electron chi connectivity index (χ2n) is 13.7. The van der Waals surface area contributed by atoms with Crippen molar-refractivity contribution in [2.75, 3.05) is 46.5 Å².